The first-order valence-electron chi connectivity index (χ1n) is 10.1. The molecule has 3 rings (SSSR count). The summed E-state index contributed by atoms with van der Waals surface area (Å²) in [4.78, 5) is 6.55. The lowest BCUT2D eigenvalue weighted by Gasteiger charge is -2.44. The number of unbranched alkanes of at least 4 members (excludes halogenated alkanes) is 1. The largest absolute Gasteiger partial charge is 0.493 e. The van der Waals surface area contributed by atoms with Crippen molar-refractivity contribution in [1.29, 1.82) is 0 Å². The Balaban J connectivity index is 0.00000210. The first-order chi connectivity index (χ1) is 13.2. The molecule has 5 nitrogen and oxygen atoms in total. The van der Waals surface area contributed by atoms with E-state index in [1.807, 2.05) is 23.9 Å². The Labute approximate surface area is 192 Å². The predicted molar refractivity (Wildman–Crippen MR) is 126 cm³/mol. The first kappa shape index (κ1) is 26.5. The van der Waals surface area contributed by atoms with E-state index in [1.54, 1.807) is 21.3 Å². The highest BCUT2D eigenvalue weighted by atomic mass is 35.5. The van der Waals surface area contributed by atoms with Gasteiger partial charge < -0.3 is 19.1 Å². The molecule has 0 N–H and O–H groups in total. The van der Waals surface area contributed by atoms with Crippen LogP contribution >= 0.6 is 36.6 Å². The van der Waals surface area contributed by atoms with Crippen LogP contribution in [0.5, 0.6) is 17.2 Å². The monoisotopic (exact) mass is 466 g/mol. The summed E-state index contributed by atoms with van der Waals surface area (Å²) in [6.07, 6.45) is 6.71. The zero-order valence-electron chi connectivity index (χ0n) is 17.9. The van der Waals surface area contributed by atoms with Gasteiger partial charge in [-0.2, -0.15) is 0 Å². The summed E-state index contributed by atoms with van der Waals surface area (Å²) in [5.41, 5.74) is 0. The summed E-state index contributed by atoms with van der Waals surface area (Å²) in [6, 6.07) is 4.89. The third kappa shape index (κ3) is 7.28. The second kappa shape index (κ2) is 13.7. The molecular weight excluding hydrogens is 431 g/mol. The molecule has 0 radical (unpaired) electrons. The van der Waals surface area contributed by atoms with Crippen molar-refractivity contribution in [3.8, 4) is 17.2 Å². The lowest BCUT2D eigenvalue weighted by atomic mass is 9.99. The van der Waals surface area contributed by atoms with Gasteiger partial charge in [-0.1, -0.05) is 6.42 Å². The van der Waals surface area contributed by atoms with E-state index in [-0.39, 0.29) is 24.8 Å². The standard InChI is InChI=1S/C21H34N2O3S.2ClH/c1-24-19-14-18(15-20(25-2)21(19)26-3)27-13-7-6-9-22-11-12-23-10-5-4-8-17(23)16-22;;/h14-15,17H,4-13,16H2,1-3H3;2*1H. The van der Waals surface area contributed by atoms with Crippen LogP contribution in [0.4, 0.5) is 0 Å². The second-order valence-corrected chi connectivity index (χ2v) is 8.57. The number of methoxy groups -OCH3 is 3. The van der Waals surface area contributed by atoms with Crippen LogP contribution in [-0.4, -0.2) is 75.6 Å². The quantitative estimate of drug-likeness (QED) is 0.390. The molecule has 2 fully saturated rings. The average Bonchev–Trinajstić information content (AvgIpc) is 2.72. The predicted octanol–water partition coefficient (Wildman–Crippen LogP) is 4.60. The van der Waals surface area contributed by atoms with E-state index < -0.39 is 0 Å². The number of halogens is 2. The number of fused-ring (bicyclic) bond motifs is 1. The minimum atomic E-state index is 0. The van der Waals surface area contributed by atoms with Crippen molar-refractivity contribution >= 4 is 36.6 Å². The molecule has 1 aromatic carbocycles. The zero-order chi connectivity index (χ0) is 19.1. The molecule has 0 aromatic heterocycles. The summed E-state index contributed by atoms with van der Waals surface area (Å²) in [7, 11) is 4.97. The van der Waals surface area contributed by atoms with Crippen LogP contribution in [0.25, 0.3) is 0 Å². The number of piperidine rings is 1. The minimum absolute atomic E-state index is 0. The molecule has 2 aliphatic heterocycles. The van der Waals surface area contributed by atoms with Gasteiger partial charge in [-0.3, -0.25) is 4.90 Å². The van der Waals surface area contributed by atoms with Crippen molar-refractivity contribution < 1.29 is 14.2 Å². The van der Waals surface area contributed by atoms with Gasteiger partial charge in [0.25, 0.3) is 0 Å². The molecule has 1 aromatic rings. The van der Waals surface area contributed by atoms with E-state index in [0.717, 1.165) is 23.3 Å². The molecular formula is C21H36Cl2N2O3S. The number of benzene rings is 1. The van der Waals surface area contributed by atoms with Crippen molar-refractivity contribution in [3.63, 3.8) is 0 Å². The van der Waals surface area contributed by atoms with E-state index in [9.17, 15) is 0 Å². The van der Waals surface area contributed by atoms with Crippen molar-refractivity contribution in [3.05, 3.63) is 12.1 Å². The van der Waals surface area contributed by atoms with Gasteiger partial charge in [-0.25, -0.2) is 0 Å². The highest BCUT2D eigenvalue weighted by Crippen LogP contribution is 2.41. The third-order valence-corrected chi connectivity index (χ3v) is 6.76. The number of ether oxygens (including phenoxy) is 3. The maximum absolute atomic E-state index is 5.44. The molecule has 1 atom stereocenters. The minimum Gasteiger partial charge on any atom is -0.493 e. The van der Waals surface area contributed by atoms with Gasteiger partial charge in [0.05, 0.1) is 21.3 Å². The van der Waals surface area contributed by atoms with Gasteiger partial charge in [0.2, 0.25) is 5.75 Å². The van der Waals surface area contributed by atoms with Crippen molar-refractivity contribution in [1.82, 2.24) is 9.80 Å². The van der Waals surface area contributed by atoms with Gasteiger partial charge in [0.1, 0.15) is 0 Å². The molecule has 2 saturated heterocycles. The van der Waals surface area contributed by atoms with Gasteiger partial charge in [-0.05, 0) is 56.7 Å². The molecule has 1 unspecified atom stereocenters. The molecule has 0 bridgehead atoms. The molecule has 2 aliphatic rings. The van der Waals surface area contributed by atoms with Crippen molar-refractivity contribution in [2.75, 3.05) is 59.8 Å². The number of nitrogens with zero attached hydrogens (tertiary/aromatic N) is 2. The number of rotatable bonds is 9. The van der Waals surface area contributed by atoms with Gasteiger partial charge in [0, 0.05) is 30.6 Å². The van der Waals surface area contributed by atoms with Crippen LogP contribution < -0.4 is 14.2 Å². The van der Waals surface area contributed by atoms with Crippen molar-refractivity contribution in [2.24, 2.45) is 0 Å². The third-order valence-electron chi connectivity index (χ3n) is 5.70. The van der Waals surface area contributed by atoms with Gasteiger partial charge in [-0.15, -0.1) is 36.6 Å². The second-order valence-electron chi connectivity index (χ2n) is 7.40. The smallest absolute Gasteiger partial charge is 0.203 e. The molecule has 0 spiro atoms. The van der Waals surface area contributed by atoms with Crippen LogP contribution in [0.1, 0.15) is 32.1 Å². The summed E-state index contributed by atoms with van der Waals surface area (Å²) >= 11 is 1.86. The topological polar surface area (TPSA) is 34.2 Å². The molecule has 29 heavy (non-hydrogen) atoms. The average molecular weight is 468 g/mol. The SMILES string of the molecule is COc1cc(SCCCCN2CCN3CCCCC3C2)cc(OC)c1OC.Cl.Cl. The first-order valence-corrected chi connectivity index (χ1v) is 11.1. The summed E-state index contributed by atoms with van der Waals surface area (Å²) in [5.74, 6) is 3.22. The molecule has 0 saturated carbocycles. The summed E-state index contributed by atoms with van der Waals surface area (Å²) in [5, 5.41) is 0. The van der Waals surface area contributed by atoms with Crippen LogP contribution in [0.2, 0.25) is 0 Å². The van der Waals surface area contributed by atoms with Gasteiger partial charge >= 0.3 is 0 Å². The molecule has 8 heteroatoms. The Morgan fingerprint density at radius 2 is 1.66 bits per heavy atom. The summed E-state index contributed by atoms with van der Waals surface area (Å²) in [6.45, 7) is 6.35. The van der Waals surface area contributed by atoms with E-state index in [4.69, 9.17) is 14.2 Å². The summed E-state index contributed by atoms with van der Waals surface area (Å²) < 4.78 is 16.3. The molecule has 2 heterocycles. The number of hydrogen-bond donors (Lipinski definition) is 0. The van der Waals surface area contributed by atoms with Crippen LogP contribution in [0, 0.1) is 0 Å². The fourth-order valence-corrected chi connectivity index (χ4v) is 5.16. The van der Waals surface area contributed by atoms with Crippen molar-refractivity contribution in [2.45, 2.75) is 43.0 Å². The lowest BCUT2D eigenvalue weighted by molar-refractivity contribution is 0.0489. The Morgan fingerprint density at radius 1 is 0.931 bits per heavy atom. The number of thioether (sulfide) groups is 1. The van der Waals surface area contributed by atoms with E-state index in [0.29, 0.717) is 5.75 Å². The lowest BCUT2D eigenvalue weighted by Crippen LogP contribution is -2.54. The van der Waals surface area contributed by atoms with Crippen LogP contribution in [0.3, 0.4) is 0 Å². The Hall–Kier alpha value is -0.530. The Kier molecular flexibility index (Phi) is 12.5. The molecule has 0 aliphatic carbocycles. The normalized spacial score (nSPS) is 19.5. The number of hydrogen-bond acceptors (Lipinski definition) is 6. The maximum atomic E-state index is 5.44. The Morgan fingerprint density at radius 3 is 2.31 bits per heavy atom. The van der Waals surface area contributed by atoms with Crippen LogP contribution in [-0.2, 0) is 0 Å². The highest BCUT2D eigenvalue weighted by Gasteiger charge is 2.28. The Bertz CT molecular complexity index is 584. The molecule has 0 amide bonds. The fraction of sp³-hybridized carbons (Fsp3) is 0.714. The fourth-order valence-electron chi connectivity index (χ4n) is 4.19. The van der Waals surface area contributed by atoms with Gasteiger partial charge in [0.15, 0.2) is 11.5 Å². The highest BCUT2D eigenvalue weighted by molar-refractivity contribution is 7.99. The molecule has 168 valence electrons. The van der Waals surface area contributed by atoms with Crippen LogP contribution in [0.15, 0.2) is 17.0 Å². The maximum Gasteiger partial charge on any atom is 0.203 e. The van der Waals surface area contributed by atoms with E-state index in [2.05, 4.69) is 9.80 Å². The number of piperazine rings is 1. The van der Waals surface area contributed by atoms with E-state index >= 15 is 0 Å². The van der Waals surface area contributed by atoms with E-state index in [1.165, 1.54) is 69.7 Å². The zero-order valence-corrected chi connectivity index (χ0v) is 20.3.